The van der Waals surface area contributed by atoms with Gasteiger partial charge in [0.25, 0.3) is 0 Å². The van der Waals surface area contributed by atoms with Crippen molar-refractivity contribution < 1.29 is 0 Å². The van der Waals surface area contributed by atoms with E-state index in [1.807, 2.05) is 0 Å². The van der Waals surface area contributed by atoms with Crippen LogP contribution in [-0.4, -0.2) is 0 Å². The van der Waals surface area contributed by atoms with E-state index in [1.54, 1.807) is 0 Å². The lowest BCUT2D eigenvalue weighted by atomic mass is 9.78. The largest absolute Gasteiger partial charge is 0.0616 e. The Morgan fingerprint density at radius 3 is 1.51 bits per heavy atom. The molecule has 0 unspecified atom stereocenters. The minimum atomic E-state index is -0.130. The van der Waals surface area contributed by atoms with E-state index >= 15 is 0 Å². The first-order valence-electron chi connectivity index (χ1n) is 18.7. The number of fused-ring (bicyclic) bond motifs is 9. The SMILES string of the molecule is CC1(C)c2cc3ccccc3cc2-c2cccc(-c3cccc(-c4c5ccccc5c(-c5ccc6c(ccc7ccccc76)c5)c5ccccc45)c3)c21. The summed E-state index contributed by atoms with van der Waals surface area (Å²) in [7, 11) is 0. The van der Waals surface area contributed by atoms with Crippen LogP contribution in [0.1, 0.15) is 25.0 Å². The average Bonchev–Trinajstić information content (AvgIpc) is 3.43. The first-order valence-corrected chi connectivity index (χ1v) is 18.7. The monoisotopic (exact) mass is 672 g/mol. The van der Waals surface area contributed by atoms with E-state index in [0.717, 1.165) is 0 Å². The zero-order valence-electron chi connectivity index (χ0n) is 29.8. The van der Waals surface area contributed by atoms with Gasteiger partial charge in [-0.05, 0) is 134 Å². The zero-order chi connectivity index (χ0) is 35.3. The molecular weight excluding hydrogens is 637 g/mol. The minimum absolute atomic E-state index is 0.130. The van der Waals surface area contributed by atoms with E-state index in [2.05, 4.69) is 196 Å². The van der Waals surface area contributed by atoms with Gasteiger partial charge in [-0.3, -0.25) is 0 Å². The van der Waals surface area contributed by atoms with Crippen molar-refractivity contribution >= 4 is 53.9 Å². The first-order chi connectivity index (χ1) is 26.0. The predicted molar refractivity (Wildman–Crippen MR) is 228 cm³/mol. The lowest BCUT2D eigenvalue weighted by Crippen LogP contribution is -2.16. The van der Waals surface area contributed by atoms with Crippen LogP contribution in [0.4, 0.5) is 0 Å². The third-order valence-corrected chi connectivity index (χ3v) is 12.0. The summed E-state index contributed by atoms with van der Waals surface area (Å²) in [6.07, 6.45) is 0. The Morgan fingerprint density at radius 1 is 0.302 bits per heavy atom. The van der Waals surface area contributed by atoms with Crippen LogP contribution in [-0.2, 0) is 5.41 Å². The molecule has 248 valence electrons. The Bertz CT molecular complexity index is 3080. The molecule has 0 amide bonds. The van der Waals surface area contributed by atoms with Gasteiger partial charge in [-0.2, -0.15) is 0 Å². The highest BCUT2D eigenvalue weighted by Gasteiger charge is 2.37. The molecule has 1 aliphatic rings. The molecule has 10 aromatic rings. The zero-order valence-corrected chi connectivity index (χ0v) is 29.8. The molecule has 0 fully saturated rings. The molecule has 0 bridgehead atoms. The van der Waals surface area contributed by atoms with Gasteiger partial charge in [-0.1, -0.05) is 172 Å². The van der Waals surface area contributed by atoms with Crippen LogP contribution in [0.15, 0.2) is 182 Å². The molecule has 53 heavy (non-hydrogen) atoms. The molecule has 10 aromatic carbocycles. The van der Waals surface area contributed by atoms with E-state index in [9.17, 15) is 0 Å². The maximum atomic E-state index is 2.43. The van der Waals surface area contributed by atoms with Gasteiger partial charge in [0.2, 0.25) is 0 Å². The van der Waals surface area contributed by atoms with E-state index in [4.69, 9.17) is 0 Å². The maximum Gasteiger partial charge on any atom is 0.0165 e. The van der Waals surface area contributed by atoms with Crippen molar-refractivity contribution in [1.82, 2.24) is 0 Å². The molecule has 0 heterocycles. The van der Waals surface area contributed by atoms with Gasteiger partial charge in [0.15, 0.2) is 0 Å². The van der Waals surface area contributed by atoms with Crippen molar-refractivity contribution in [2.75, 3.05) is 0 Å². The van der Waals surface area contributed by atoms with Gasteiger partial charge >= 0.3 is 0 Å². The Hall–Kier alpha value is -6.50. The molecule has 0 nitrogen and oxygen atoms in total. The highest BCUT2D eigenvalue weighted by atomic mass is 14.4. The standard InChI is InChI=1S/C53H36/c1-53(2)49-32-35-15-4-3-14-34(35)31-48(49)47-24-12-23-42(52(47)53)36-16-11-17-38(29-36)50-43-19-7-9-21-45(43)51(46-22-10-8-20-44(46)50)39-27-28-41-37(30-39)26-25-33-13-5-6-18-40(33)41/h3-32H,1-2H3. The molecular formula is C53H36. The lowest BCUT2D eigenvalue weighted by molar-refractivity contribution is 0.663. The smallest absolute Gasteiger partial charge is 0.0165 e. The first kappa shape index (κ1) is 30.2. The molecule has 11 rings (SSSR count). The van der Waals surface area contributed by atoms with Gasteiger partial charge in [-0.15, -0.1) is 0 Å². The summed E-state index contributed by atoms with van der Waals surface area (Å²) in [5, 5.41) is 12.8. The fourth-order valence-electron chi connectivity index (χ4n) is 9.57. The van der Waals surface area contributed by atoms with Crippen LogP contribution in [0, 0.1) is 0 Å². The Kier molecular flexibility index (Phi) is 6.40. The predicted octanol–water partition coefficient (Wildman–Crippen LogP) is 14.8. The van der Waals surface area contributed by atoms with Crippen molar-refractivity contribution in [1.29, 1.82) is 0 Å². The molecule has 0 saturated heterocycles. The Morgan fingerprint density at radius 2 is 0.811 bits per heavy atom. The summed E-state index contributed by atoms with van der Waals surface area (Å²) < 4.78 is 0. The summed E-state index contributed by atoms with van der Waals surface area (Å²) in [6, 6.07) is 68.0. The van der Waals surface area contributed by atoms with Crippen LogP contribution >= 0.6 is 0 Å². The average molecular weight is 673 g/mol. The summed E-state index contributed by atoms with van der Waals surface area (Å²) in [4.78, 5) is 0. The van der Waals surface area contributed by atoms with Crippen LogP contribution in [0.25, 0.3) is 98.4 Å². The van der Waals surface area contributed by atoms with Crippen molar-refractivity contribution in [3.05, 3.63) is 193 Å². The van der Waals surface area contributed by atoms with Crippen molar-refractivity contribution in [3.8, 4) is 44.5 Å². The summed E-state index contributed by atoms with van der Waals surface area (Å²) >= 11 is 0. The number of hydrogen-bond acceptors (Lipinski definition) is 0. The van der Waals surface area contributed by atoms with E-state index in [1.165, 1.54) is 109 Å². The Balaban J connectivity index is 1.11. The van der Waals surface area contributed by atoms with Crippen LogP contribution in [0.2, 0.25) is 0 Å². The summed E-state index contributed by atoms with van der Waals surface area (Å²) in [5.41, 5.74) is 13.0. The van der Waals surface area contributed by atoms with Crippen LogP contribution in [0.5, 0.6) is 0 Å². The number of benzene rings is 10. The molecule has 0 spiro atoms. The third kappa shape index (κ3) is 4.42. The quantitative estimate of drug-likeness (QED) is 0.129. The molecule has 0 radical (unpaired) electrons. The van der Waals surface area contributed by atoms with Crippen molar-refractivity contribution in [2.45, 2.75) is 19.3 Å². The molecule has 0 aromatic heterocycles. The Labute approximate surface area is 309 Å². The normalized spacial score (nSPS) is 13.2. The highest BCUT2D eigenvalue weighted by molar-refractivity contribution is 6.22. The summed E-state index contributed by atoms with van der Waals surface area (Å²) in [6.45, 7) is 4.80. The molecule has 0 N–H and O–H groups in total. The third-order valence-electron chi connectivity index (χ3n) is 12.0. The number of hydrogen-bond donors (Lipinski definition) is 0. The van der Waals surface area contributed by atoms with Crippen molar-refractivity contribution in [3.63, 3.8) is 0 Å². The minimum Gasteiger partial charge on any atom is -0.0616 e. The fraction of sp³-hybridized carbons (Fsp3) is 0.0566. The van der Waals surface area contributed by atoms with Gasteiger partial charge in [-0.25, -0.2) is 0 Å². The second-order valence-corrected chi connectivity index (χ2v) is 15.2. The molecule has 0 atom stereocenters. The molecule has 0 aliphatic heterocycles. The highest BCUT2D eigenvalue weighted by Crippen LogP contribution is 2.53. The topological polar surface area (TPSA) is 0 Å². The second-order valence-electron chi connectivity index (χ2n) is 15.2. The van der Waals surface area contributed by atoms with Gasteiger partial charge in [0.05, 0.1) is 0 Å². The lowest BCUT2D eigenvalue weighted by Gasteiger charge is -2.25. The molecule has 1 aliphatic carbocycles. The second kappa shape index (κ2) is 11.2. The fourth-order valence-corrected chi connectivity index (χ4v) is 9.57. The van der Waals surface area contributed by atoms with Crippen LogP contribution < -0.4 is 0 Å². The maximum absolute atomic E-state index is 2.43. The van der Waals surface area contributed by atoms with Gasteiger partial charge in [0, 0.05) is 5.41 Å². The van der Waals surface area contributed by atoms with E-state index in [-0.39, 0.29) is 5.41 Å². The molecule has 0 heteroatoms. The van der Waals surface area contributed by atoms with E-state index in [0.29, 0.717) is 0 Å². The van der Waals surface area contributed by atoms with Gasteiger partial charge in [0.1, 0.15) is 0 Å². The van der Waals surface area contributed by atoms with Crippen molar-refractivity contribution in [2.24, 2.45) is 0 Å². The van der Waals surface area contributed by atoms with E-state index < -0.39 is 0 Å². The molecule has 0 saturated carbocycles. The van der Waals surface area contributed by atoms with Crippen LogP contribution in [0.3, 0.4) is 0 Å². The van der Waals surface area contributed by atoms with Gasteiger partial charge < -0.3 is 0 Å². The number of rotatable bonds is 3. The summed E-state index contributed by atoms with van der Waals surface area (Å²) in [5.74, 6) is 0.